The third kappa shape index (κ3) is 3.33. The number of nitrogens with zero attached hydrogens (tertiary/aromatic N) is 2. The van der Waals surface area contributed by atoms with Gasteiger partial charge in [0.2, 0.25) is 11.7 Å². The van der Waals surface area contributed by atoms with Crippen molar-refractivity contribution >= 4 is 0 Å². The summed E-state index contributed by atoms with van der Waals surface area (Å²) in [4.78, 5) is 4.06. The van der Waals surface area contributed by atoms with Crippen LogP contribution in [0.5, 0.6) is 5.75 Å². The van der Waals surface area contributed by atoms with Crippen molar-refractivity contribution in [1.29, 1.82) is 0 Å². The van der Waals surface area contributed by atoms with Crippen LogP contribution in [0.15, 0.2) is 28.8 Å². The van der Waals surface area contributed by atoms with E-state index in [0.717, 1.165) is 11.3 Å². The zero-order valence-corrected chi connectivity index (χ0v) is 10.9. The van der Waals surface area contributed by atoms with E-state index in [1.165, 1.54) is 0 Å². The Morgan fingerprint density at radius 1 is 1.29 bits per heavy atom. The molecule has 8 heteroatoms. The van der Waals surface area contributed by atoms with Gasteiger partial charge in [0.25, 0.3) is 0 Å². The number of hydrogen-bond acceptors (Lipinski definition) is 5. The van der Waals surface area contributed by atoms with Crippen LogP contribution in [0.3, 0.4) is 0 Å². The monoisotopic (exact) mass is 299 g/mol. The van der Waals surface area contributed by atoms with Gasteiger partial charge in [0.05, 0.1) is 13.1 Å². The first-order valence-corrected chi connectivity index (χ1v) is 6.36. The zero-order valence-electron chi connectivity index (χ0n) is 10.9. The van der Waals surface area contributed by atoms with Gasteiger partial charge in [-0.05, 0) is 11.6 Å². The van der Waals surface area contributed by atoms with E-state index >= 15 is 0 Å². The standard InChI is InChI=1S/C13H12F3N3O2/c14-13(15,16)7-17-6-11-18-12(19-21-11)10-5-8-3-1-2-4-9(8)20-10/h1-4,10,17H,5-7H2. The topological polar surface area (TPSA) is 60.2 Å². The lowest BCUT2D eigenvalue weighted by molar-refractivity contribution is -0.125. The van der Waals surface area contributed by atoms with Crippen LogP contribution in [0.25, 0.3) is 0 Å². The van der Waals surface area contributed by atoms with Crippen molar-refractivity contribution < 1.29 is 22.4 Å². The molecule has 0 amide bonds. The van der Waals surface area contributed by atoms with Crippen molar-refractivity contribution in [3.8, 4) is 5.75 Å². The maximum Gasteiger partial charge on any atom is 0.401 e. The largest absolute Gasteiger partial charge is 0.482 e. The summed E-state index contributed by atoms with van der Waals surface area (Å²) in [6, 6.07) is 7.57. The number of ether oxygens (including phenoxy) is 1. The number of aromatic nitrogens is 2. The van der Waals surface area contributed by atoms with Gasteiger partial charge >= 0.3 is 6.18 Å². The fourth-order valence-corrected chi connectivity index (χ4v) is 2.11. The molecule has 0 bridgehead atoms. The Morgan fingerprint density at radius 3 is 2.86 bits per heavy atom. The summed E-state index contributed by atoms with van der Waals surface area (Å²) < 4.78 is 46.6. The Hall–Kier alpha value is -2.09. The number of para-hydroxylation sites is 1. The average molecular weight is 299 g/mol. The van der Waals surface area contributed by atoms with E-state index in [4.69, 9.17) is 9.26 Å². The maximum absolute atomic E-state index is 12.0. The van der Waals surface area contributed by atoms with Gasteiger partial charge in [-0.2, -0.15) is 18.2 Å². The molecule has 1 aliphatic rings. The fourth-order valence-electron chi connectivity index (χ4n) is 2.11. The molecule has 0 saturated carbocycles. The molecule has 2 heterocycles. The molecule has 0 aliphatic carbocycles. The molecule has 1 atom stereocenters. The SMILES string of the molecule is FC(F)(F)CNCc1nc(C2Cc3ccccc3O2)no1. The van der Waals surface area contributed by atoms with Gasteiger partial charge in [-0.15, -0.1) is 0 Å². The first-order valence-electron chi connectivity index (χ1n) is 6.36. The van der Waals surface area contributed by atoms with E-state index in [9.17, 15) is 13.2 Å². The van der Waals surface area contributed by atoms with E-state index in [1.54, 1.807) is 0 Å². The molecule has 5 nitrogen and oxygen atoms in total. The summed E-state index contributed by atoms with van der Waals surface area (Å²) in [6.45, 7) is -1.23. The second-order valence-corrected chi connectivity index (χ2v) is 4.68. The highest BCUT2D eigenvalue weighted by Gasteiger charge is 2.29. The second kappa shape index (κ2) is 5.36. The van der Waals surface area contributed by atoms with Crippen molar-refractivity contribution in [2.24, 2.45) is 0 Å². The lowest BCUT2D eigenvalue weighted by Crippen LogP contribution is -2.28. The van der Waals surface area contributed by atoms with Crippen LogP contribution in [0.2, 0.25) is 0 Å². The van der Waals surface area contributed by atoms with Gasteiger partial charge in [0.1, 0.15) is 5.75 Å². The predicted molar refractivity (Wildman–Crippen MR) is 65.6 cm³/mol. The van der Waals surface area contributed by atoms with Crippen LogP contribution >= 0.6 is 0 Å². The number of fused-ring (bicyclic) bond motifs is 1. The minimum absolute atomic E-state index is 0.105. The summed E-state index contributed by atoms with van der Waals surface area (Å²) in [5, 5.41) is 5.96. The molecule has 0 saturated heterocycles. The van der Waals surface area contributed by atoms with E-state index in [-0.39, 0.29) is 18.5 Å². The van der Waals surface area contributed by atoms with Gasteiger partial charge in [-0.25, -0.2) is 0 Å². The Bertz CT molecular complexity index is 602. The van der Waals surface area contributed by atoms with Crippen molar-refractivity contribution in [2.45, 2.75) is 25.2 Å². The minimum atomic E-state index is -4.26. The Morgan fingerprint density at radius 2 is 2.10 bits per heavy atom. The molecular formula is C13H12F3N3O2. The summed E-state index contributed by atoms with van der Waals surface area (Å²) in [7, 11) is 0. The number of nitrogens with one attached hydrogen (secondary N) is 1. The van der Waals surface area contributed by atoms with Gasteiger partial charge < -0.3 is 14.6 Å². The molecule has 2 aromatic rings. The van der Waals surface area contributed by atoms with Crippen molar-refractivity contribution in [2.75, 3.05) is 6.54 Å². The lowest BCUT2D eigenvalue weighted by Gasteiger charge is -2.05. The molecule has 1 aliphatic heterocycles. The van der Waals surface area contributed by atoms with Crippen molar-refractivity contribution in [3.05, 3.63) is 41.5 Å². The highest BCUT2D eigenvalue weighted by Crippen LogP contribution is 2.35. The molecule has 1 aromatic heterocycles. The van der Waals surface area contributed by atoms with Gasteiger partial charge in [-0.3, -0.25) is 0 Å². The summed E-state index contributed by atoms with van der Waals surface area (Å²) in [6.07, 6.45) is -4.01. The molecule has 0 spiro atoms. The number of benzene rings is 1. The third-order valence-corrected chi connectivity index (χ3v) is 3.02. The first kappa shape index (κ1) is 13.9. The molecule has 112 valence electrons. The van der Waals surface area contributed by atoms with Crippen molar-refractivity contribution in [1.82, 2.24) is 15.5 Å². The minimum Gasteiger partial charge on any atom is -0.482 e. The third-order valence-electron chi connectivity index (χ3n) is 3.02. The highest BCUT2D eigenvalue weighted by molar-refractivity contribution is 5.37. The fraction of sp³-hybridized carbons (Fsp3) is 0.385. The normalized spacial score (nSPS) is 17.6. The quantitative estimate of drug-likeness (QED) is 0.939. The van der Waals surface area contributed by atoms with E-state index < -0.39 is 12.7 Å². The van der Waals surface area contributed by atoms with Crippen LogP contribution < -0.4 is 10.1 Å². The predicted octanol–water partition coefficient (Wildman–Crippen LogP) is 2.40. The van der Waals surface area contributed by atoms with Crippen LogP contribution in [-0.4, -0.2) is 22.9 Å². The van der Waals surface area contributed by atoms with Crippen LogP contribution in [0, 0.1) is 0 Å². The van der Waals surface area contributed by atoms with Gasteiger partial charge in [0.15, 0.2) is 6.10 Å². The molecule has 21 heavy (non-hydrogen) atoms. The molecule has 1 aromatic carbocycles. The average Bonchev–Trinajstić information content (AvgIpc) is 3.02. The number of hydrogen-bond donors (Lipinski definition) is 1. The zero-order chi connectivity index (χ0) is 14.9. The smallest absolute Gasteiger partial charge is 0.401 e. The van der Waals surface area contributed by atoms with E-state index in [1.807, 2.05) is 24.3 Å². The van der Waals surface area contributed by atoms with E-state index in [2.05, 4.69) is 15.5 Å². The molecule has 0 fully saturated rings. The van der Waals surface area contributed by atoms with Crippen LogP contribution in [0.4, 0.5) is 13.2 Å². The summed E-state index contributed by atoms with van der Waals surface area (Å²) in [5.74, 6) is 1.22. The highest BCUT2D eigenvalue weighted by atomic mass is 19.4. The Labute approximate surface area is 118 Å². The summed E-state index contributed by atoms with van der Waals surface area (Å²) >= 11 is 0. The lowest BCUT2D eigenvalue weighted by atomic mass is 10.1. The number of alkyl halides is 3. The number of halogens is 3. The van der Waals surface area contributed by atoms with Crippen LogP contribution in [-0.2, 0) is 13.0 Å². The Balaban J connectivity index is 1.59. The first-order chi connectivity index (χ1) is 10.0. The maximum atomic E-state index is 12.0. The van der Waals surface area contributed by atoms with Crippen molar-refractivity contribution in [3.63, 3.8) is 0 Å². The second-order valence-electron chi connectivity index (χ2n) is 4.68. The Kier molecular flexibility index (Phi) is 3.54. The van der Waals surface area contributed by atoms with Gasteiger partial charge in [-0.1, -0.05) is 23.4 Å². The van der Waals surface area contributed by atoms with E-state index in [0.29, 0.717) is 12.2 Å². The molecular weight excluding hydrogens is 287 g/mol. The molecule has 1 unspecified atom stereocenters. The summed E-state index contributed by atoms with van der Waals surface area (Å²) in [5.41, 5.74) is 1.05. The van der Waals surface area contributed by atoms with Crippen LogP contribution in [0.1, 0.15) is 23.4 Å². The molecule has 1 N–H and O–H groups in total. The molecule has 0 radical (unpaired) electrons. The number of rotatable bonds is 4. The molecule has 3 rings (SSSR count). The van der Waals surface area contributed by atoms with Gasteiger partial charge in [0, 0.05) is 6.42 Å².